The molecule has 2 N–H and O–H groups in total. The lowest BCUT2D eigenvalue weighted by atomic mass is 10.1. The van der Waals surface area contributed by atoms with Crippen LogP contribution in [0.5, 0.6) is 0 Å². The summed E-state index contributed by atoms with van der Waals surface area (Å²) in [6, 6.07) is 3.61. The summed E-state index contributed by atoms with van der Waals surface area (Å²) in [5.74, 6) is 0.168. The molecule has 2 aromatic rings. The van der Waals surface area contributed by atoms with Gasteiger partial charge in [0, 0.05) is 31.4 Å². The molecule has 1 amide bonds. The van der Waals surface area contributed by atoms with E-state index in [1.165, 1.54) is 17.0 Å². The van der Waals surface area contributed by atoms with Crippen molar-refractivity contribution in [2.24, 2.45) is 0 Å². The predicted molar refractivity (Wildman–Crippen MR) is 97.9 cm³/mol. The molecule has 9 heteroatoms. The second-order valence-electron chi connectivity index (χ2n) is 6.65. The average molecular weight is 375 g/mol. The van der Waals surface area contributed by atoms with E-state index in [2.05, 4.69) is 25.5 Å². The summed E-state index contributed by atoms with van der Waals surface area (Å²) in [4.78, 5) is 35.9. The predicted octanol–water partition coefficient (Wildman–Crippen LogP) is 1.24. The zero-order valence-electron chi connectivity index (χ0n) is 14.3. The Kier molecular flexibility index (Phi) is 4.37. The number of aromatic nitrogens is 3. The Hall–Kier alpha value is -2.45. The first-order valence-electron chi connectivity index (χ1n) is 8.51. The topological polar surface area (TPSA) is 92.2 Å². The van der Waals surface area contributed by atoms with E-state index in [0.717, 1.165) is 12.8 Å². The van der Waals surface area contributed by atoms with Crippen LogP contribution in [0.4, 0.5) is 11.5 Å². The lowest BCUT2D eigenvalue weighted by Gasteiger charge is -2.25. The Morgan fingerprint density at radius 1 is 1.31 bits per heavy atom. The molecule has 0 radical (unpaired) electrons. The number of hydrogen-bond donors (Lipinski definition) is 2. The van der Waals surface area contributed by atoms with Crippen LogP contribution in [0.25, 0.3) is 0 Å². The Labute approximate surface area is 155 Å². The van der Waals surface area contributed by atoms with Crippen molar-refractivity contribution in [1.82, 2.24) is 24.8 Å². The zero-order chi connectivity index (χ0) is 18.3. The van der Waals surface area contributed by atoms with E-state index < -0.39 is 0 Å². The van der Waals surface area contributed by atoms with Gasteiger partial charge in [-0.05, 0) is 32.0 Å². The molecular weight excluding hydrogens is 356 g/mol. The summed E-state index contributed by atoms with van der Waals surface area (Å²) >= 11 is 6.39. The molecule has 0 spiro atoms. The first-order valence-corrected chi connectivity index (χ1v) is 8.89. The van der Waals surface area contributed by atoms with E-state index in [9.17, 15) is 9.59 Å². The number of nitrogens with one attached hydrogen (secondary N) is 2. The van der Waals surface area contributed by atoms with Crippen LogP contribution in [0.1, 0.15) is 23.3 Å². The number of hydrogen-bond acceptors (Lipinski definition) is 6. The summed E-state index contributed by atoms with van der Waals surface area (Å²) in [5.41, 5.74) is 0.199. The molecule has 1 fully saturated rings. The highest BCUT2D eigenvalue weighted by molar-refractivity contribution is 6.33. The Morgan fingerprint density at radius 2 is 2.12 bits per heavy atom. The number of nitrogens with zero attached hydrogens (tertiary/aromatic N) is 4. The van der Waals surface area contributed by atoms with E-state index >= 15 is 0 Å². The monoisotopic (exact) mass is 374 g/mol. The zero-order valence-corrected chi connectivity index (χ0v) is 15.0. The minimum Gasteiger partial charge on any atom is -0.349 e. The van der Waals surface area contributed by atoms with E-state index in [-0.39, 0.29) is 40.0 Å². The van der Waals surface area contributed by atoms with Crippen molar-refractivity contribution in [2.45, 2.75) is 31.5 Å². The van der Waals surface area contributed by atoms with Crippen LogP contribution in [-0.4, -0.2) is 51.0 Å². The molecule has 0 aromatic carbocycles. The van der Waals surface area contributed by atoms with Crippen molar-refractivity contribution in [3.63, 3.8) is 0 Å². The van der Waals surface area contributed by atoms with Crippen molar-refractivity contribution in [1.29, 1.82) is 0 Å². The molecule has 26 heavy (non-hydrogen) atoms. The summed E-state index contributed by atoms with van der Waals surface area (Å²) in [6.45, 7) is 0.977. The fraction of sp³-hybridized carbons (Fsp3) is 0.412. The average Bonchev–Trinajstić information content (AvgIpc) is 2.99. The fourth-order valence-corrected chi connectivity index (χ4v) is 3.99. The van der Waals surface area contributed by atoms with E-state index in [1.807, 2.05) is 7.05 Å². The van der Waals surface area contributed by atoms with Crippen molar-refractivity contribution in [3.8, 4) is 0 Å². The molecule has 2 atom stereocenters. The van der Waals surface area contributed by atoms with Crippen molar-refractivity contribution in [2.75, 3.05) is 18.9 Å². The van der Waals surface area contributed by atoms with Crippen molar-refractivity contribution >= 4 is 29.0 Å². The highest BCUT2D eigenvalue weighted by atomic mass is 35.5. The molecule has 2 unspecified atom stereocenters. The van der Waals surface area contributed by atoms with Gasteiger partial charge in [-0.2, -0.15) is 0 Å². The van der Waals surface area contributed by atoms with Gasteiger partial charge in [0.1, 0.15) is 23.5 Å². The van der Waals surface area contributed by atoms with Crippen molar-refractivity contribution in [3.05, 3.63) is 45.7 Å². The smallest absolute Gasteiger partial charge is 0.275 e. The Morgan fingerprint density at radius 3 is 2.88 bits per heavy atom. The number of halogens is 1. The first-order chi connectivity index (χ1) is 12.5. The van der Waals surface area contributed by atoms with Gasteiger partial charge < -0.3 is 10.6 Å². The van der Waals surface area contributed by atoms with Gasteiger partial charge in [-0.3, -0.25) is 19.1 Å². The number of pyridine rings is 1. The maximum atomic E-state index is 13.1. The normalized spacial score (nSPS) is 22.8. The molecule has 4 heterocycles. The summed E-state index contributed by atoms with van der Waals surface area (Å²) in [6.07, 6.45) is 4.94. The minimum atomic E-state index is -0.318. The molecule has 2 bridgehead atoms. The molecule has 4 rings (SSSR count). The molecule has 136 valence electrons. The third-order valence-corrected chi connectivity index (χ3v) is 5.47. The fourth-order valence-electron chi connectivity index (χ4n) is 3.69. The number of likely N-dealkylation sites (N-methyl/N-ethyl adjacent to an activating group) is 1. The summed E-state index contributed by atoms with van der Waals surface area (Å²) < 4.78 is 1.48. The maximum absolute atomic E-state index is 13.1. The van der Waals surface area contributed by atoms with Crippen LogP contribution in [-0.2, 0) is 6.54 Å². The molecular formula is C17H19ClN6O2. The van der Waals surface area contributed by atoms with Gasteiger partial charge >= 0.3 is 0 Å². The first kappa shape index (κ1) is 17.0. The number of rotatable bonds is 2. The van der Waals surface area contributed by atoms with E-state index in [1.54, 1.807) is 12.3 Å². The van der Waals surface area contributed by atoms with E-state index in [4.69, 9.17) is 11.6 Å². The Bertz CT molecular complexity index is 900. The second kappa shape index (κ2) is 6.69. The van der Waals surface area contributed by atoms with Crippen LogP contribution < -0.4 is 16.2 Å². The minimum absolute atomic E-state index is 0.189. The van der Waals surface area contributed by atoms with Crippen LogP contribution in [0.15, 0.2) is 29.5 Å². The van der Waals surface area contributed by atoms with Gasteiger partial charge in [-0.15, -0.1) is 0 Å². The molecule has 0 aliphatic carbocycles. The highest BCUT2D eigenvalue weighted by Gasteiger charge is 2.34. The standard InChI is InChI=1S/C17H19ClN6O2/c1-23-10-2-3-11(23)8-24-15(16(25)20-7-10)12(18)6-13(17(24)26)22-14-4-5-19-9-21-14/h4-6,9-11H,2-3,7-8H2,1H3,(H,20,25)(H,19,21,22). The molecule has 0 saturated carbocycles. The van der Waals surface area contributed by atoms with Gasteiger partial charge in [0.05, 0.1) is 5.02 Å². The SMILES string of the molecule is CN1C2CCC1Cn1c(c(Cl)cc(Nc3ccncn3)c1=O)C(=O)NC2. The van der Waals surface area contributed by atoms with Crippen LogP contribution in [0, 0.1) is 0 Å². The number of carbonyl (C=O) groups is 1. The highest BCUT2D eigenvalue weighted by Crippen LogP contribution is 2.27. The molecule has 8 nitrogen and oxygen atoms in total. The van der Waals surface area contributed by atoms with Gasteiger partial charge in [-0.25, -0.2) is 9.97 Å². The van der Waals surface area contributed by atoms with Gasteiger partial charge in [0.15, 0.2) is 0 Å². The van der Waals surface area contributed by atoms with Crippen LogP contribution >= 0.6 is 11.6 Å². The maximum Gasteiger partial charge on any atom is 0.275 e. The number of carbonyl (C=O) groups excluding carboxylic acids is 1. The molecule has 2 aromatic heterocycles. The second-order valence-corrected chi connectivity index (χ2v) is 7.06. The summed E-state index contributed by atoms with van der Waals surface area (Å²) in [7, 11) is 2.04. The molecule has 2 aliphatic heterocycles. The molecule has 2 aliphatic rings. The van der Waals surface area contributed by atoms with Gasteiger partial charge in [-0.1, -0.05) is 11.6 Å². The number of amides is 1. The quantitative estimate of drug-likeness (QED) is 0.821. The Balaban J connectivity index is 1.80. The van der Waals surface area contributed by atoms with Crippen molar-refractivity contribution < 1.29 is 4.79 Å². The largest absolute Gasteiger partial charge is 0.349 e. The lowest BCUT2D eigenvalue weighted by molar-refractivity contribution is 0.0938. The number of fused-ring (bicyclic) bond motifs is 3. The van der Waals surface area contributed by atoms with E-state index in [0.29, 0.717) is 18.9 Å². The molecule has 1 saturated heterocycles. The van der Waals surface area contributed by atoms with Crippen LogP contribution in [0.2, 0.25) is 5.02 Å². The summed E-state index contributed by atoms with van der Waals surface area (Å²) in [5, 5.41) is 6.12. The third-order valence-electron chi connectivity index (χ3n) is 5.18. The third kappa shape index (κ3) is 2.95. The number of anilines is 2. The van der Waals surface area contributed by atoms with Gasteiger partial charge in [0.2, 0.25) is 0 Å². The van der Waals surface area contributed by atoms with Gasteiger partial charge in [0.25, 0.3) is 11.5 Å². The lowest BCUT2D eigenvalue weighted by Crippen LogP contribution is -2.40. The van der Waals surface area contributed by atoms with Crippen LogP contribution in [0.3, 0.4) is 0 Å².